The molecular weight excluding hydrogens is 353 g/mol. The Balaban J connectivity index is 1.91. The number of rotatable bonds is 5. The van der Waals surface area contributed by atoms with E-state index in [4.69, 9.17) is 0 Å². The molecule has 9 heteroatoms. The van der Waals surface area contributed by atoms with E-state index in [9.17, 15) is 13.2 Å². The van der Waals surface area contributed by atoms with Gasteiger partial charge in [0.1, 0.15) is 12.1 Å². The molecule has 0 radical (unpaired) electrons. The van der Waals surface area contributed by atoms with Gasteiger partial charge in [-0.1, -0.05) is 6.07 Å². The number of aromatic nitrogens is 3. The number of nitrogens with one attached hydrogen (secondary N) is 1. The monoisotopic (exact) mass is 364 g/mol. The van der Waals surface area contributed by atoms with E-state index in [0.29, 0.717) is 18.9 Å². The summed E-state index contributed by atoms with van der Waals surface area (Å²) in [5, 5.41) is 7.21. The van der Waals surface area contributed by atoms with Gasteiger partial charge in [-0.2, -0.15) is 5.10 Å². The van der Waals surface area contributed by atoms with Crippen LogP contribution < -0.4 is 10.1 Å². The highest BCUT2D eigenvalue weighted by atomic mass is 79.9. The molecular formula is C12H12BrF3N4O. The predicted octanol–water partition coefficient (Wildman–Crippen LogP) is 2.77. The lowest BCUT2D eigenvalue weighted by Crippen LogP contribution is -2.18. The molecule has 1 N–H and O–H groups in total. The van der Waals surface area contributed by atoms with Crippen molar-refractivity contribution >= 4 is 15.9 Å². The van der Waals surface area contributed by atoms with Gasteiger partial charge in [-0.15, -0.1) is 13.2 Å². The highest BCUT2D eigenvalue weighted by Crippen LogP contribution is 2.30. The van der Waals surface area contributed by atoms with Gasteiger partial charge in [0.15, 0.2) is 5.82 Å². The highest BCUT2D eigenvalue weighted by Gasteiger charge is 2.31. The zero-order chi connectivity index (χ0) is 15.5. The van der Waals surface area contributed by atoms with Gasteiger partial charge in [-0.3, -0.25) is 4.68 Å². The fourth-order valence-corrected chi connectivity index (χ4v) is 2.15. The van der Waals surface area contributed by atoms with Crippen molar-refractivity contribution in [2.45, 2.75) is 19.5 Å². The third kappa shape index (κ3) is 5.01. The van der Waals surface area contributed by atoms with Crippen molar-refractivity contribution in [1.29, 1.82) is 0 Å². The first-order valence-corrected chi connectivity index (χ1v) is 6.72. The van der Waals surface area contributed by atoms with Gasteiger partial charge >= 0.3 is 6.36 Å². The molecule has 0 spiro atoms. The Bertz CT molecular complexity index is 615. The van der Waals surface area contributed by atoms with E-state index in [2.05, 4.69) is 36.1 Å². The molecule has 0 aliphatic rings. The van der Waals surface area contributed by atoms with Crippen molar-refractivity contribution in [2.24, 2.45) is 7.05 Å². The summed E-state index contributed by atoms with van der Waals surface area (Å²) in [4.78, 5) is 4.05. The molecule has 21 heavy (non-hydrogen) atoms. The molecule has 0 amide bonds. The van der Waals surface area contributed by atoms with Gasteiger partial charge in [0.25, 0.3) is 0 Å². The van der Waals surface area contributed by atoms with E-state index in [1.54, 1.807) is 30.2 Å². The smallest absolute Gasteiger partial charge is 0.405 e. The van der Waals surface area contributed by atoms with Crippen molar-refractivity contribution in [3.05, 3.63) is 40.4 Å². The Hall–Kier alpha value is -1.61. The molecule has 0 bridgehead atoms. The molecule has 0 aliphatic carbocycles. The number of hydrogen-bond acceptors (Lipinski definition) is 4. The van der Waals surface area contributed by atoms with Crippen LogP contribution in [-0.2, 0) is 20.1 Å². The van der Waals surface area contributed by atoms with E-state index in [1.165, 1.54) is 6.07 Å². The zero-order valence-electron chi connectivity index (χ0n) is 11.0. The van der Waals surface area contributed by atoms with Crippen LogP contribution in [-0.4, -0.2) is 21.1 Å². The number of alkyl halides is 3. The van der Waals surface area contributed by atoms with E-state index in [1.807, 2.05) is 0 Å². The fourth-order valence-electron chi connectivity index (χ4n) is 1.65. The normalized spacial score (nSPS) is 11.7. The van der Waals surface area contributed by atoms with Crippen LogP contribution in [0.25, 0.3) is 0 Å². The third-order valence-electron chi connectivity index (χ3n) is 2.48. The molecule has 114 valence electrons. The Labute approximate surface area is 127 Å². The summed E-state index contributed by atoms with van der Waals surface area (Å²) in [5.41, 5.74) is 0.812. The molecule has 0 fully saturated rings. The first-order chi connectivity index (χ1) is 9.83. The molecule has 0 aliphatic heterocycles. The summed E-state index contributed by atoms with van der Waals surface area (Å²) in [6.07, 6.45) is -3.11. The SMILES string of the molecule is Cn1cnc(CNCc2ccc(OC(F)(F)F)c(Br)c2)n1. The van der Waals surface area contributed by atoms with E-state index in [-0.39, 0.29) is 10.2 Å². The Morgan fingerprint density at radius 3 is 2.67 bits per heavy atom. The van der Waals surface area contributed by atoms with Crippen LogP contribution in [0.15, 0.2) is 29.0 Å². The lowest BCUT2D eigenvalue weighted by atomic mass is 10.2. The number of halogens is 4. The standard InChI is InChI=1S/C12H12BrF3N4O/c1-20-7-18-11(19-20)6-17-5-8-2-3-10(9(13)4-8)21-12(14,15)16/h2-4,7,17H,5-6H2,1H3. The maximum Gasteiger partial charge on any atom is 0.573 e. The van der Waals surface area contributed by atoms with Crippen LogP contribution in [0.3, 0.4) is 0 Å². The summed E-state index contributed by atoms with van der Waals surface area (Å²) < 4.78 is 42.1. The van der Waals surface area contributed by atoms with Gasteiger partial charge in [0.05, 0.1) is 11.0 Å². The van der Waals surface area contributed by atoms with E-state index >= 15 is 0 Å². The van der Waals surface area contributed by atoms with Crippen molar-refractivity contribution in [3.63, 3.8) is 0 Å². The second-order valence-corrected chi connectivity index (χ2v) is 5.10. The quantitative estimate of drug-likeness (QED) is 0.886. The number of nitrogens with zero attached hydrogens (tertiary/aromatic N) is 3. The lowest BCUT2D eigenvalue weighted by Gasteiger charge is -2.11. The molecule has 1 aromatic heterocycles. The molecule has 0 saturated carbocycles. The first-order valence-electron chi connectivity index (χ1n) is 5.93. The minimum atomic E-state index is -4.70. The van der Waals surface area contributed by atoms with Crippen LogP contribution in [0.1, 0.15) is 11.4 Å². The molecule has 5 nitrogen and oxygen atoms in total. The summed E-state index contributed by atoms with van der Waals surface area (Å²) in [7, 11) is 1.77. The van der Waals surface area contributed by atoms with Crippen molar-refractivity contribution in [2.75, 3.05) is 0 Å². The molecule has 2 aromatic rings. The van der Waals surface area contributed by atoms with Crippen molar-refractivity contribution in [3.8, 4) is 5.75 Å². The van der Waals surface area contributed by atoms with Gasteiger partial charge < -0.3 is 10.1 Å². The summed E-state index contributed by atoms with van der Waals surface area (Å²) in [5.74, 6) is 0.381. The average molecular weight is 365 g/mol. The van der Waals surface area contributed by atoms with Crippen LogP contribution in [0, 0.1) is 0 Å². The summed E-state index contributed by atoms with van der Waals surface area (Å²) in [6.45, 7) is 0.947. The maximum absolute atomic E-state index is 12.1. The largest absolute Gasteiger partial charge is 0.573 e. The fraction of sp³-hybridized carbons (Fsp3) is 0.333. The van der Waals surface area contributed by atoms with Gasteiger partial charge in [-0.05, 0) is 33.6 Å². The zero-order valence-corrected chi connectivity index (χ0v) is 12.6. The van der Waals surface area contributed by atoms with Crippen LogP contribution in [0.2, 0.25) is 0 Å². The summed E-state index contributed by atoms with van der Waals surface area (Å²) in [6, 6.07) is 4.40. The van der Waals surface area contributed by atoms with Crippen molar-refractivity contribution < 1.29 is 17.9 Å². The topological polar surface area (TPSA) is 52.0 Å². The first kappa shape index (κ1) is 15.8. The third-order valence-corrected chi connectivity index (χ3v) is 3.10. The van der Waals surface area contributed by atoms with E-state index in [0.717, 1.165) is 5.56 Å². The molecule has 1 aromatic carbocycles. The van der Waals surface area contributed by atoms with Gasteiger partial charge in [0, 0.05) is 13.6 Å². The van der Waals surface area contributed by atoms with Crippen LogP contribution in [0.5, 0.6) is 5.75 Å². The Morgan fingerprint density at radius 2 is 2.10 bits per heavy atom. The molecule has 0 atom stereocenters. The molecule has 0 unspecified atom stereocenters. The Morgan fingerprint density at radius 1 is 1.33 bits per heavy atom. The molecule has 1 heterocycles. The van der Waals surface area contributed by atoms with Gasteiger partial charge in [-0.25, -0.2) is 4.98 Å². The van der Waals surface area contributed by atoms with Gasteiger partial charge in [0.2, 0.25) is 0 Å². The van der Waals surface area contributed by atoms with Crippen LogP contribution in [0.4, 0.5) is 13.2 Å². The average Bonchev–Trinajstić information content (AvgIpc) is 2.77. The minimum Gasteiger partial charge on any atom is -0.405 e. The van der Waals surface area contributed by atoms with E-state index < -0.39 is 6.36 Å². The Kier molecular flexibility index (Phi) is 4.84. The number of benzene rings is 1. The lowest BCUT2D eigenvalue weighted by molar-refractivity contribution is -0.274. The second-order valence-electron chi connectivity index (χ2n) is 4.25. The summed E-state index contributed by atoms with van der Waals surface area (Å²) >= 11 is 3.06. The molecule has 0 saturated heterocycles. The second kappa shape index (κ2) is 6.44. The van der Waals surface area contributed by atoms with Crippen molar-refractivity contribution in [1.82, 2.24) is 20.1 Å². The highest BCUT2D eigenvalue weighted by molar-refractivity contribution is 9.10. The number of aryl methyl sites for hydroxylation is 1. The number of ether oxygens (including phenoxy) is 1. The molecule has 2 rings (SSSR count). The van der Waals surface area contributed by atoms with Crippen LogP contribution >= 0.6 is 15.9 Å². The maximum atomic E-state index is 12.1. The number of hydrogen-bond donors (Lipinski definition) is 1. The predicted molar refractivity (Wildman–Crippen MR) is 72.4 cm³/mol. The minimum absolute atomic E-state index is 0.245.